The first kappa shape index (κ1) is 15.4. The fourth-order valence-corrected chi connectivity index (χ4v) is 3.03. The lowest BCUT2D eigenvalue weighted by Gasteiger charge is -2.12. The highest BCUT2D eigenvalue weighted by Gasteiger charge is 2.39. The topological polar surface area (TPSA) is 61.6 Å². The largest absolute Gasteiger partial charge is 0.364 e. The number of hydrogen-bond acceptors (Lipinski definition) is 4. The Hall–Kier alpha value is -2.48. The monoisotopic (exact) mass is 310 g/mol. The minimum absolute atomic E-state index is 0.176. The summed E-state index contributed by atoms with van der Waals surface area (Å²) in [5, 5.41) is 21.2. The fourth-order valence-electron chi connectivity index (χ4n) is 3.03. The molecule has 1 saturated carbocycles. The molecule has 1 N–H and O–H groups in total. The van der Waals surface area contributed by atoms with Crippen LogP contribution in [0.5, 0.6) is 0 Å². The number of anilines is 1. The van der Waals surface area contributed by atoms with Crippen molar-refractivity contribution in [2.24, 2.45) is 0 Å². The summed E-state index contributed by atoms with van der Waals surface area (Å²) in [6.45, 7) is 4.03. The first-order valence-electron chi connectivity index (χ1n) is 7.98. The smallest absolute Gasteiger partial charge is 0.167 e. The molecule has 1 heterocycles. The second-order valence-electron chi connectivity index (χ2n) is 5.82. The molecule has 0 amide bonds. The van der Waals surface area contributed by atoms with E-state index in [1.54, 1.807) is 12.1 Å². The second-order valence-corrected chi connectivity index (χ2v) is 5.82. The summed E-state index contributed by atoms with van der Waals surface area (Å²) in [5.74, 6) is 0.589. The maximum atomic E-state index is 13.3. The predicted octanol–water partition coefficient (Wildman–Crippen LogP) is 3.58. The lowest BCUT2D eigenvalue weighted by atomic mass is 10.0. The van der Waals surface area contributed by atoms with Crippen molar-refractivity contribution < 1.29 is 4.39 Å². The van der Waals surface area contributed by atoms with Gasteiger partial charge in [-0.25, -0.2) is 4.39 Å². The van der Waals surface area contributed by atoms with E-state index in [1.807, 2.05) is 19.9 Å². The van der Waals surface area contributed by atoms with Crippen molar-refractivity contribution >= 4 is 5.82 Å². The molecule has 1 fully saturated rings. The lowest BCUT2D eigenvalue weighted by molar-refractivity contribution is 0.625. The summed E-state index contributed by atoms with van der Waals surface area (Å²) in [5.41, 5.74) is 3.42. The summed E-state index contributed by atoms with van der Waals surface area (Å²) in [4.78, 5) is 0. The number of halogens is 1. The number of aromatic nitrogens is 2. The van der Waals surface area contributed by atoms with E-state index >= 15 is 0 Å². The maximum absolute atomic E-state index is 13.3. The molecule has 1 aromatic heterocycles. The van der Waals surface area contributed by atoms with Gasteiger partial charge in [-0.2, -0.15) is 10.4 Å². The number of nitriles is 1. The molecule has 2 atom stereocenters. The Morgan fingerprint density at radius 3 is 2.78 bits per heavy atom. The van der Waals surface area contributed by atoms with E-state index in [1.165, 1.54) is 6.07 Å². The van der Waals surface area contributed by atoms with Gasteiger partial charge < -0.3 is 5.32 Å². The molecule has 0 unspecified atom stereocenters. The number of aryl methyl sites for hydroxylation is 1. The van der Waals surface area contributed by atoms with Gasteiger partial charge >= 0.3 is 0 Å². The highest BCUT2D eigenvalue weighted by atomic mass is 19.1. The molecule has 2 aromatic rings. The van der Waals surface area contributed by atoms with Gasteiger partial charge in [-0.1, -0.05) is 26.0 Å². The van der Waals surface area contributed by atoms with Crippen molar-refractivity contribution in [1.82, 2.24) is 10.2 Å². The van der Waals surface area contributed by atoms with E-state index in [-0.39, 0.29) is 17.8 Å². The first-order chi connectivity index (χ1) is 11.2. The van der Waals surface area contributed by atoms with Crippen LogP contribution in [0.4, 0.5) is 10.2 Å². The summed E-state index contributed by atoms with van der Waals surface area (Å²) in [7, 11) is 0. The summed E-state index contributed by atoms with van der Waals surface area (Å²) in [6, 6.07) is 9.12. The molecule has 118 valence electrons. The zero-order chi connectivity index (χ0) is 16.4. The normalized spacial score (nSPS) is 19.2. The maximum Gasteiger partial charge on any atom is 0.167 e. The molecule has 23 heavy (non-hydrogen) atoms. The molecule has 1 aromatic carbocycles. The van der Waals surface area contributed by atoms with Crippen molar-refractivity contribution in [3.8, 4) is 6.07 Å². The van der Waals surface area contributed by atoms with E-state index in [0.29, 0.717) is 11.4 Å². The van der Waals surface area contributed by atoms with Crippen LogP contribution in [0.3, 0.4) is 0 Å². The fraction of sp³-hybridized carbons (Fsp3) is 0.389. The minimum atomic E-state index is -0.216. The predicted molar refractivity (Wildman–Crippen MR) is 86.7 cm³/mol. The number of nitrogens with zero attached hydrogens (tertiary/aromatic N) is 3. The Balaban J connectivity index is 1.81. The first-order valence-corrected chi connectivity index (χ1v) is 7.98. The third-order valence-corrected chi connectivity index (χ3v) is 4.35. The Morgan fingerprint density at radius 1 is 1.30 bits per heavy atom. The third-order valence-electron chi connectivity index (χ3n) is 4.35. The summed E-state index contributed by atoms with van der Waals surface area (Å²) in [6.07, 6.45) is 2.43. The van der Waals surface area contributed by atoms with Crippen molar-refractivity contribution in [1.29, 1.82) is 5.26 Å². The average molecular weight is 310 g/mol. The van der Waals surface area contributed by atoms with Crippen LogP contribution in [0.25, 0.3) is 0 Å². The number of rotatable bonds is 5. The van der Waals surface area contributed by atoms with Gasteiger partial charge in [0.25, 0.3) is 0 Å². The van der Waals surface area contributed by atoms with Gasteiger partial charge in [0.1, 0.15) is 17.4 Å². The zero-order valence-corrected chi connectivity index (χ0v) is 13.3. The van der Waals surface area contributed by atoms with E-state index in [2.05, 4.69) is 21.6 Å². The number of benzene rings is 1. The third kappa shape index (κ3) is 3.02. The van der Waals surface area contributed by atoms with Gasteiger partial charge in [0.05, 0.1) is 5.69 Å². The molecular weight excluding hydrogens is 291 g/mol. The Labute approximate surface area is 135 Å². The highest BCUT2D eigenvalue weighted by molar-refractivity contribution is 5.58. The van der Waals surface area contributed by atoms with Gasteiger partial charge in [0, 0.05) is 12.0 Å². The van der Waals surface area contributed by atoms with Crippen LogP contribution in [-0.2, 0) is 12.8 Å². The van der Waals surface area contributed by atoms with Gasteiger partial charge in [-0.3, -0.25) is 0 Å². The molecule has 4 nitrogen and oxygen atoms in total. The number of hydrogen-bond donors (Lipinski definition) is 1. The van der Waals surface area contributed by atoms with E-state index in [0.717, 1.165) is 36.1 Å². The minimum Gasteiger partial charge on any atom is -0.364 e. The standard InChI is InChI=1S/C18H19FN4/c1-3-13-15(10-20)18(23-22-16(13)4-2)21-17-9-14(17)11-6-5-7-12(19)8-11/h5-8,14,17H,3-4,9H2,1-2H3,(H,21,23)/t14-,17+/m0/s1. The molecule has 0 spiro atoms. The van der Waals surface area contributed by atoms with Crippen molar-refractivity contribution in [3.63, 3.8) is 0 Å². The number of nitrogens with one attached hydrogen (secondary N) is 1. The second kappa shape index (κ2) is 6.33. The van der Waals surface area contributed by atoms with Crippen molar-refractivity contribution in [3.05, 3.63) is 52.5 Å². The van der Waals surface area contributed by atoms with Crippen LogP contribution in [0.15, 0.2) is 24.3 Å². The van der Waals surface area contributed by atoms with Crippen molar-refractivity contribution in [2.75, 3.05) is 5.32 Å². The average Bonchev–Trinajstić information content (AvgIpc) is 3.33. The Morgan fingerprint density at radius 2 is 2.13 bits per heavy atom. The lowest BCUT2D eigenvalue weighted by Crippen LogP contribution is -2.12. The van der Waals surface area contributed by atoms with Crippen LogP contribution in [-0.4, -0.2) is 16.2 Å². The van der Waals surface area contributed by atoms with Crippen LogP contribution < -0.4 is 5.32 Å². The molecule has 0 radical (unpaired) electrons. The highest BCUT2D eigenvalue weighted by Crippen LogP contribution is 2.43. The van der Waals surface area contributed by atoms with Crippen LogP contribution in [0.1, 0.15) is 48.6 Å². The van der Waals surface area contributed by atoms with E-state index < -0.39 is 0 Å². The summed E-state index contributed by atoms with van der Waals surface area (Å²) < 4.78 is 13.3. The SMILES string of the molecule is CCc1nnc(N[C@@H]2C[C@H]2c2cccc(F)c2)c(C#N)c1CC. The molecule has 1 aliphatic rings. The molecular formula is C18H19FN4. The van der Waals surface area contributed by atoms with Crippen LogP contribution in [0, 0.1) is 17.1 Å². The molecule has 3 rings (SSSR count). The van der Waals surface area contributed by atoms with Gasteiger partial charge in [-0.15, -0.1) is 5.10 Å². The van der Waals surface area contributed by atoms with Gasteiger partial charge in [0.2, 0.25) is 0 Å². The molecule has 0 saturated heterocycles. The Kier molecular flexibility index (Phi) is 4.24. The van der Waals surface area contributed by atoms with Crippen LogP contribution in [0.2, 0.25) is 0 Å². The van der Waals surface area contributed by atoms with Crippen LogP contribution >= 0.6 is 0 Å². The zero-order valence-electron chi connectivity index (χ0n) is 13.3. The van der Waals surface area contributed by atoms with E-state index in [9.17, 15) is 9.65 Å². The molecule has 5 heteroatoms. The quantitative estimate of drug-likeness (QED) is 0.917. The molecule has 0 bridgehead atoms. The van der Waals surface area contributed by atoms with E-state index in [4.69, 9.17) is 0 Å². The molecule has 0 aliphatic heterocycles. The molecule has 1 aliphatic carbocycles. The van der Waals surface area contributed by atoms with Crippen molar-refractivity contribution in [2.45, 2.75) is 45.1 Å². The van der Waals surface area contributed by atoms with Gasteiger partial charge in [-0.05, 0) is 42.5 Å². The Bertz CT molecular complexity index is 766. The van der Waals surface area contributed by atoms with Gasteiger partial charge in [0.15, 0.2) is 5.82 Å². The summed E-state index contributed by atoms with van der Waals surface area (Å²) >= 11 is 0.